The Bertz CT molecular complexity index is 1050. The van der Waals surface area contributed by atoms with Crippen LogP contribution in [0.2, 0.25) is 0 Å². The Labute approximate surface area is 176 Å². The number of hydrogen-bond acceptors (Lipinski definition) is 5. The number of nitrogens with zero attached hydrogens (tertiary/aromatic N) is 2. The molecule has 1 aromatic heterocycles. The van der Waals surface area contributed by atoms with Gasteiger partial charge in [0.05, 0.1) is 31.9 Å². The SMILES string of the molecule is Cc1cc(CO)c2cccc(Cc3cccc(NC(=O)CN4CCOCC4)c3)c2n1. The normalized spacial score (nSPS) is 14.7. The molecule has 0 saturated carbocycles. The Hall–Kier alpha value is -2.80. The molecule has 2 aromatic carbocycles. The zero-order valence-electron chi connectivity index (χ0n) is 17.2. The summed E-state index contributed by atoms with van der Waals surface area (Å²) < 4.78 is 5.33. The van der Waals surface area contributed by atoms with Gasteiger partial charge in [-0.25, -0.2) is 0 Å². The number of carbonyl (C=O) groups is 1. The number of fused-ring (bicyclic) bond motifs is 1. The molecule has 0 radical (unpaired) electrons. The van der Waals surface area contributed by atoms with Crippen LogP contribution in [0.25, 0.3) is 10.9 Å². The number of rotatable bonds is 6. The van der Waals surface area contributed by atoms with Gasteiger partial charge < -0.3 is 15.2 Å². The van der Waals surface area contributed by atoms with Gasteiger partial charge in [0.1, 0.15) is 0 Å². The van der Waals surface area contributed by atoms with Crippen molar-refractivity contribution in [3.8, 4) is 0 Å². The van der Waals surface area contributed by atoms with Gasteiger partial charge in [-0.1, -0.05) is 30.3 Å². The van der Waals surface area contributed by atoms with Gasteiger partial charge >= 0.3 is 0 Å². The van der Waals surface area contributed by atoms with Crippen LogP contribution in [0, 0.1) is 6.92 Å². The third-order valence-corrected chi connectivity index (χ3v) is 5.38. The van der Waals surface area contributed by atoms with Crippen LogP contribution in [0.15, 0.2) is 48.5 Å². The van der Waals surface area contributed by atoms with Crippen LogP contribution in [0.1, 0.15) is 22.4 Å². The van der Waals surface area contributed by atoms with Gasteiger partial charge in [0, 0.05) is 29.9 Å². The van der Waals surface area contributed by atoms with Crippen LogP contribution < -0.4 is 5.32 Å². The third-order valence-electron chi connectivity index (χ3n) is 5.38. The Kier molecular flexibility index (Phi) is 6.38. The maximum absolute atomic E-state index is 12.4. The molecule has 2 heterocycles. The number of amides is 1. The lowest BCUT2D eigenvalue weighted by Crippen LogP contribution is -2.41. The fourth-order valence-electron chi connectivity index (χ4n) is 3.94. The number of benzene rings is 2. The Morgan fingerprint density at radius 3 is 2.73 bits per heavy atom. The molecule has 6 heteroatoms. The van der Waals surface area contributed by atoms with Crippen LogP contribution in [0.3, 0.4) is 0 Å². The number of aliphatic hydroxyl groups excluding tert-OH is 1. The van der Waals surface area contributed by atoms with E-state index in [1.807, 2.05) is 43.3 Å². The Morgan fingerprint density at radius 1 is 1.13 bits per heavy atom. The molecule has 0 aliphatic carbocycles. The molecule has 0 atom stereocenters. The lowest BCUT2D eigenvalue weighted by molar-refractivity contribution is -0.118. The predicted octanol–water partition coefficient (Wildman–Crippen LogP) is 2.90. The van der Waals surface area contributed by atoms with E-state index in [9.17, 15) is 9.90 Å². The zero-order valence-corrected chi connectivity index (χ0v) is 17.2. The van der Waals surface area contributed by atoms with E-state index in [0.717, 1.165) is 52.1 Å². The van der Waals surface area contributed by atoms with E-state index in [2.05, 4.69) is 22.3 Å². The summed E-state index contributed by atoms with van der Waals surface area (Å²) in [5, 5.41) is 13.7. The highest BCUT2D eigenvalue weighted by molar-refractivity contribution is 5.92. The molecule has 6 nitrogen and oxygen atoms in total. The lowest BCUT2D eigenvalue weighted by Gasteiger charge is -2.25. The minimum Gasteiger partial charge on any atom is -0.392 e. The first-order valence-electron chi connectivity index (χ1n) is 10.3. The fraction of sp³-hybridized carbons (Fsp3) is 0.333. The van der Waals surface area contributed by atoms with Gasteiger partial charge in [-0.2, -0.15) is 0 Å². The quantitative estimate of drug-likeness (QED) is 0.660. The standard InChI is InChI=1S/C24H27N3O3/c1-17-12-20(16-28)22-7-3-5-19(24(22)25-17)13-18-4-2-6-21(14-18)26-23(29)15-27-8-10-30-11-9-27/h2-7,12,14,28H,8-11,13,15-16H2,1H3,(H,26,29). The summed E-state index contributed by atoms with van der Waals surface area (Å²) in [6, 6.07) is 15.9. The first-order chi connectivity index (χ1) is 14.6. The number of hydrogen-bond donors (Lipinski definition) is 2. The maximum atomic E-state index is 12.4. The number of pyridine rings is 1. The van der Waals surface area contributed by atoms with Gasteiger partial charge in [0.2, 0.25) is 5.91 Å². The number of aliphatic hydroxyl groups is 1. The summed E-state index contributed by atoms with van der Waals surface area (Å²) in [4.78, 5) is 19.2. The highest BCUT2D eigenvalue weighted by Crippen LogP contribution is 2.24. The molecule has 0 bridgehead atoms. The largest absolute Gasteiger partial charge is 0.392 e. The topological polar surface area (TPSA) is 74.7 Å². The zero-order chi connectivity index (χ0) is 20.9. The van der Waals surface area contributed by atoms with Gasteiger partial charge in [-0.05, 0) is 48.2 Å². The first kappa shape index (κ1) is 20.5. The number of anilines is 1. The Balaban J connectivity index is 1.51. The summed E-state index contributed by atoms with van der Waals surface area (Å²) in [6.07, 6.45) is 0.700. The van der Waals surface area contributed by atoms with Gasteiger partial charge in [-0.15, -0.1) is 0 Å². The van der Waals surface area contributed by atoms with Gasteiger partial charge in [0.25, 0.3) is 0 Å². The van der Waals surface area contributed by atoms with Crippen LogP contribution in [-0.2, 0) is 22.6 Å². The minimum atomic E-state index is -0.0101. The molecule has 1 aliphatic rings. The number of aromatic nitrogens is 1. The second-order valence-corrected chi connectivity index (χ2v) is 7.71. The van der Waals surface area contributed by atoms with Crippen LogP contribution >= 0.6 is 0 Å². The number of ether oxygens (including phenoxy) is 1. The Morgan fingerprint density at radius 2 is 1.93 bits per heavy atom. The van der Waals surface area contributed by atoms with Crippen LogP contribution in [0.5, 0.6) is 0 Å². The minimum absolute atomic E-state index is 0.00598. The molecule has 30 heavy (non-hydrogen) atoms. The van der Waals surface area contributed by atoms with E-state index in [4.69, 9.17) is 9.72 Å². The van der Waals surface area contributed by atoms with Crippen molar-refractivity contribution < 1.29 is 14.6 Å². The second kappa shape index (κ2) is 9.34. The van der Waals surface area contributed by atoms with Crippen molar-refractivity contribution in [3.05, 3.63) is 70.9 Å². The van der Waals surface area contributed by atoms with E-state index in [0.29, 0.717) is 26.2 Å². The smallest absolute Gasteiger partial charge is 0.238 e. The number of para-hydroxylation sites is 1. The van der Waals surface area contributed by atoms with E-state index in [1.165, 1.54) is 0 Å². The molecule has 1 aliphatic heterocycles. The summed E-state index contributed by atoms with van der Waals surface area (Å²) in [7, 11) is 0. The second-order valence-electron chi connectivity index (χ2n) is 7.71. The van der Waals surface area contributed by atoms with E-state index >= 15 is 0 Å². The van der Waals surface area contributed by atoms with Crippen LogP contribution in [0.4, 0.5) is 5.69 Å². The first-order valence-corrected chi connectivity index (χ1v) is 10.3. The molecular formula is C24H27N3O3. The number of carbonyl (C=O) groups excluding carboxylic acids is 1. The van der Waals surface area contributed by atoms with E-state index in [-0.39, 0.29) is 12.5 Å². The van der Waals surface area contributed by atoms with Crippen LogP contribution in [-0.4, -0.2) is 53.7 Å². The van der Waals surface area contributed by atoms with Crippen molar-refractivity contribution in [3.63, 3.8) is 0 Å². The van der Waals surface area contributed by atoms with Crippen molar-refractivity contribution in [1.82, 2.24) is 9.88 Å². The van der Waals surface area contributed by atoms with Gasteiger partial charge in [-0.3, -0.25) is 14.7 Å². The predicted molar refractivity (Wildman–Crippen MR) is 118 cm³/mol. The van der Waals surface area contributed by atoms with Gasteiger partial charge in [0.15, 0.2) is 0 Å². The number of aryl methyl sites for hydroxylation is 1. The maximum Gasteiger partial charge on any atom is 0.238 e. The molecule has 3 aromatic rings. The average Bonchev–Trinajstić information content (AvgIpc) is 2.74. The highest BCUT2D eigenvalue weighted by Gasteiger charge is 2.14. The van der Waals surface area contributed by atoms with Crippen molar-refractivity contribution in [2.75, 3.05) is 38.2 Å². The molecule has 1 amide bonds. The molecule has 1 fully saturated rings. The third kappa shape index (κ3) is 4.84. The summed E-state index contributed by atoms with van der Waals surface area (Å²) in [5.74, 6) is -0.0101. The molecular weight excluding hydrogens is 378 g/mol. The highest BCUT2D eigenvalue weighted by atomic mass is 16.5. The van der Waals surface area contributed by atoms with Crippen molar-refractivity contribution in [2.24, 2.45) is 0 Å². The monoisotopic (exact) mass is 405 g/mol. The number of nitrogens with one attached hydrogen (secondary N) is 1. The molecule has 0 unspecified atom stereocenters. The molecule has 1 saturated heterocycles. The molecule has 4 rings (SSSR count). The van der Waals surface area contributed by atoms with E-state index in [1.54, 1.807) is 0 Å². The fourth-order valence-corrected chi connectivity index (χ4v) is 3.94. The number of morpholine rings is 1. The summed E-state index contributed by atoms with van der Waals surface area (Å²) >= 11 is 0. The van der Waals surface area contributed by atoms with Crippen molar-refractivity contribution in [2.45, 2.75) is 20.0 Å². The lowest BCUT2D eigenvalue weighted by atomic mass is 9.99. The molecule has 156 valence electrons. The molecule has 2 N–H and O–H groups in total. The molecule has 0 spiro atoms. The summed E-state index contributed by atoms with van der Waals surface area (Å²) in [5.41, 5.74) is 5.70. The van der Waals surface area contributed by atoms with Crippen molar-refractivity contribution in [1.29, 1.82) is 0 Å². The summed E-state index contributed by atoms with van der Waals surface area (Å²) in [6.45, 7) is 5.25. The average molecular weight is 405 g/mol. The van der Waals surface area contributed by atoms with Crippen molar-refractivity contribution >= 4 is 22.5 Å². The van der Waals surface area contributed by atoms with E-state index < -0.39 is 0 Å².